The van der Waals surface area contributed by atoms with E-state index in [1.807, 2.05) is 12.1 Å². The number of nitrogens with one attached hydrogen (secondary N) is 1. The van der Waals surface area contributed by atoms with Crippen LogP contribution in [0.15, 0.2) is 23.2 Å². The third-order valence-electron chi connectivity index (χ3n) is 5.31. The van der Waals surface area contributed by atoms with Crippen LogP contribution < -0.4 is 14.8 Å². The second-order valence-corrected chi connectivity index (χ2v) is 9.89. The Labute approximate surface area is 183 Å². The number of rotatable bonds is 5. The zero-order valence-corrected chi connectivity index (χ0v) is 18.6. The van der Waals surface area contributed by atoms with E-state index in [2.05, 4.69) is 19.2 Å². The van der Waals surface area contributed by atoms with Crippen LogP contribution in [-0.4, -0.2) is 28.4 Å². The highest BCUT2D eigenvalue weighted by Gasteiger charge is 2.22. The maximum atomic E-state index is 12.6. The van der Waals surface area contributed by atoms with Crippen molar-refractivity contribution in [1.29, 1.82) is 0 Å². The van der Waals surface area contributed by atoms with Gasteiger partial charge < -0.3 is 14.8 Å². The van der Waals surface area contributed by atoms with Gasteiger partial charge in [0.2, 0.25) is 12.7 Å². The number of thiophene rings is 1. The fourth-order valence-corrected chi connectivity index (χ4v) is 6.00. The van der Waals surface area contributed by atoms with Crippen molar-refractivity contribution in [3.63, 3.8) is 0 Å². The van der Waals surface area contributed by atoms with E-state index in [1.165, 1.54) is 40.4 Å². The van der Waals surface area contributed by atoms with E-state index in [1.54, 1.807) is 17.4 Å². The SMILES string of the molecule is CC(C)c1nc(SCC(=O)Nc2ccc3c(c2)OCO3)c2c3c(sc2n1)CCCC3. The van der Waals surface area contributed by atoms with Gasteiger partial charge in [0.25, 0.3) is 0 Å². The summed E-state index contributed by atoms with van der Waals surface area (Å²) in [5.74, 6) is 2.68. The van der Waals surface area contributed by atoms with Crippen molar-refractivity contribution < 1.29 is 14.3 Å². The topological polar surface area (TPSA) is 73.3 Å². The average Bonchev–Trinajstić information content (AvgIpc) is 3.35. The number of fused-ring (bicyclic) bond motifs is 4. The number of hydrogen-bond acceptors (Lipinski definition) is 7. The van der Waals surface area contributed by atoms with Crippen LogP contribution in [0.5, 0.6) is 11.5 Å². The molecule has 30 heavy (non-hydrogen) atoms. The molecule has 0 radical (unpaired) electrons. The van der Waals surface area contributed by atoms with E-state index in [9.17, 15) is 4.79 Å². The van der Waals surface area contributed by atoms with Gasteiger partial charge in [-0.05, 0) is 43.4 Å². The molecule has 8 heteroatoms. The number of aromatic nitrogens is 2. The summed E-state index contributed by atoms with van der Waals surface area (Å²) in [4.78, 5) is 24.8. The lowest BCUT2D eigenvalue weighted by Crippen LogP contribution is -2.14. The lowest BCUT2D eigenvalue weighted by Gasteiger charge is -2.13. The van der Waals surface area contributed by atoms with Gasteiger partial charge in [0.05, 0.1) is 5.75 Å². The first-order valence-electron chi connectivity index (χ1n) is 10.2. The van der Waals surface area contributed by atoms with Gasteiger partial charge in [-0.15, -0.1) is 11.3 Å². The van der Waals surface area contributed by atoms with Crippen LogP contribution in [0.1, 0.15) is 48.9 Å². The first kappa shape index (κ1) is 19.6. The van der Waals surface area contributed by atoms with Crippen molar-refractivity contribution in [1.82, 2.24) is 9.97 Å². The number of nitrogens with zero attached hydrogens (tertiary/aromatic N) is 2. The number of amides is 1. The van der Waals surface area contributed by atoms with Gasteiger partial charge in [0, 0.05) is 27.9 Å². The molecule has 2 aromatic heterocycles. The number of ether oxygens (including phenoxy) is 2. The molecule has 1 N–H and O–H groups in total. The Bertz CT molecular complexity index is 1130. The van der Waals surface area contributed by atoms with Gasteiger partial charge in [-0.1, -0.05) is 25.6 Å². The molecule has 0 bridgehead atoms. The number of thioether (sulfide) groups is 1. The van der Waals surface area contributed by atoms with Crippen molar-refractivity contribution in [3.05, 3.63) is 34.5 Å². The quantitative estimate of drug-likeness (QED) is 0.436. The molecule has 0 unspecified atom stereocenters. The van der Waals surface area contributed by atoms with E-state index >= 15 is 0 Å². The number of hydrogen-bond donors (Lipinski definition) is 1. The Morgan fingerprint density at radius 2 is 2.03 bits per heavy atom. The van der Waals surface area contributed by atoms with E-state index in [0.29, 0.717) is 22.9 Å². The lowest BCUT2D eigenvalue weighted by atomic mass is 9.97. The molecule has 0 spiro atoms. The number of aryl methyl sites for hydroxylation is 2. The first-order chi connectivity index (χ1) is 14.6. The summed E-state index contributed by atoms with van der Waals surface area (Å²) in [7, 11) is 0. The van der Waals surface area contributed by atoms with Gasteiger partial charge in [0.1, 0.15) is 15.7 Å². The van der Waals surface area contributed by atoms with Crippen LogP contribution in [0.3, 0.4) is 0 Å². The fourth-order valence-electron chi connectivity index (χ4n) is 3.81. The molecule has 156 valence electrons. The van der Waals surface area contributed by atoms with Gasteiger partial charge in [-0.25, -0.2) is 9.97 Å². The highest BCUT2D eigenvalue weighted by molar-refractivity contribution is 8.00. The minimum absolute atomic E-state index is 0.0687. The number of carbonyl (C=O) groups excluding carboxylic acids is 1. The molecule has 3 heterocycles. The van der Waals surface area contributed by atoms with Crippen molar-refractivity contribution in [2.45, 2.75) is 50.5 Å². The van der Waals surface area contributed by atoms with E-state index in [4.69, 9.17) is 19.4 Å². The fraction of sp³-hybridized carbons (Fsp3) is 0.409. The zero-order valence-electron chi connectivity index (χ0n) is 17.0. The molecule has 3 aromatic rings. The summed E-state index contributed by atoms with van der Waals surface area (Å²) in [6.07, 6.45) is 4.66. The maximum Gasteiger partial charge on any atom is 0.234 e. The van der Waals surface area contributed by atoms with Gasteiger partial charge in [0.15, 0.2) is 11.5 Å². The smallest absolute Gasteiger partial charge is 0.234 e. The van der Waals surface area contributed by atoms with Gasteiger partial charge in [-0.3, -0.25) is 4.79 Å². The normalized spacial score (nSPS) is 14.9. The number of benzene rings is 1. The Hall–Kier alpha value is -2.32. The maximum absolute atomic E-state index is 12.6. The molecule has 0 fully saturated rings. The van der Waals surface area contributed by atoms with Crippen molar-refractivity contribution in [3.8, 4) is 11.5 Å². The molecule has 1 aliphatic carbocycles. The molecular weight excluding hydrogens is 418 g/mol. The zero-order chi connectivity index (χ0) is 20.7. The van der Waals surface area contributed by atoms with Crippen LogP contribution in [0.4, 0.5) is 5.69 Å². The summed E-state index contributed by atoms with van der Waals surface area (Å²) in [5, 5.41) is 5.05. The molecule has 1 amide bonds. The minimum atomic E-state index is -0.0687. The molecule has 1 aromatic carbocycles. The molecule has 0 saturated carbocycles. The Kier molecular flexibility index (Phi) is 5.28. The van der Waals surface area contributed by atoms with Crippen LogP contribution in [0.25, 0.3) is 10.2 Å². The van der Waals surface area contributed by atoms with Crippen molar-refractivity contribution >= 4 is 44.9 Å². The second-order valence-electron chi connectivity index (χ2n) is 7.84. The average molecular weight is 442 g/mol. The Morgan fingerprint density at radius 3 is 2.90 bits per heavy atom. The molecule has 2 aliphatic rings. The standard InChI is InChI=1S/C22H23N3O3S2/c1-12(2)20-24-21(19-14-5-3-4-6-17(14)30-22(19)25-20)29-10-18(26)23-13-7-8-15-16(9-13)28-11-27-15/h7-9,12H,3-6,10-11H2,1-2H3,(H,23,26). The highest BCUT2D eigenvalue weighted by Crippen LogP contribution is 2.40. The predicted molar refractivity (Wildman–Crippen MR) is 120 cm³/mol. The Balaban J connectivity index is 1.37. The predicted octanol–water partition coefficient (Wildman–Crippen LogP) is 5.15. The van der Waals surface area contributed by atoms with Gasteiger partial charge in [-0.2, -0.15) is 0 Å². The Morgan fingerprint density at radius 1 is 1.20 bits per heavy atom. The lowest BCUT2D eigenvalue weighted by molar-refractivity contribution is -0.113. The third kappa shape index (κ3) is 3.74. The van der Waals surface area contributed by atoms with Crippen molar-refractivity contribution in [2.75, 3.05) is 17.9 Å². The summed E-state index contributed by atoms with van der Waals surface area (Å²) < 4.78 is 10.7. The summed E-state index contributed by atoms with van der Waals surface area (Å²) in [5.41, 5.74) is 2.10. The summed E-state index contributed by atoms with van der Waals surface area (Å²) in [6, 6.07) is 5.43. The van der Waals surface area contributed by atoms with E-state index in [0.717, 1.165) is 28.5 Å². The molecule has 5 rings (SSSR count). The van der Waals surface area contributed by atoms with E-state index in [-0.39, 0.29) is 18.6 Å². The summed E-state index contributed by atoms with van der Waals surface area (Å²) >= 11 is 3.30. The van der Waals surface area contributed by atoms with Crippen LogP contribution in [0, 0.1) is 0 Å². The molecule has 0 atom stereocenters. The number of carbonyl (C=O) groups is 1. The van der Waals surface area contributed by atoms with Crippen LogP contribution in [0.2, 0.25) is 0 Å². The summed E-state index contributed by atoms with van der Waals surface area (Å²) in [6.45, 7) is 4.43. The molecule has 1 aliphatic heterocycles. The van der Waals surface area contributed by atoms with Crippen LogP contribution in [-0.2, 0) is 17.6 Å². The largest absolute Gasteiger partial charge is 0.454 e. The van der Waals surface area contributed by atoms with E-state index < -0.39 is 0 Å². The van der Waals surface area contributed by atoms with Gasteiger partial charge >= 0.3 is 0 Å². The van der Waals surface area contributed by atoms with Crippen LogP contribution >= 0.6 is 23.1 Å². The third-order valence-corrected chi connectivity index (χ3v) is 7.47. The molecule has 6 nitrogen and oxygen atoms in total. The second kappa shape index (κ2) is 8.07. The highest BCUT2D eigenvalue weighted by atomic mass is 32.2. The first-order valence-corrected chi connectivity index (χ1v) is 12.0. The molecule has 0 saturated heterocycles. The number of anilines is 1. The monoisotopic (exact) mass is 441 g/mol. The van der Waals surface area contributed by atoms with Crippen molar-refractivity contribution in [2.24, 2.45) is 0 Å². The minimum Gasteiger partial charge on any atom is -0.454 e. The molecular formula is C22H23N3O3S2.